The third kappa shape index (κ3) is 2.70. The second-order valence-electron chi connectivity index (χ2n) is 4.27. The summed E-state index contributed by atoms with van der Waals surface area (Å²) in [6, 6.07) is 6.03. The standard InChI is InChI=1S/C14H15N5S/c1-2-16-14-18-12(11-5-8-20-13(11)19-14)17-9-10-3-6-15-7-4-10/h3-8H,2,9H2,1H3,(H2,16,17,18,19). The Hall–Kier alpha value is -2.21. The van der Waals surface area contributed by atoms with Crippen molar-refractivity contribution in [2.75, 3.05) is 17.2 Å². The summed E-state index contributed by atoms with van der Waals surface area (Å²) in [7, 11) is 0. The van der Waals surface area contributed by atoms with Crippen LogP contribution in [0.25, 0.3) is 10.2 Å². The third-order valence-electron chi connectivity index (χ3n) is 2.87. The van der Waals surface area contributed by atoms with Gasteiger partial charge in [-0.3, -0.25) is 4.98 Å². The molecule has 0 atom stereocenters. The molecule has 3 aromatic rings. The molecule has 0 aliphatic heterocycles. The van der Waals surface area contributed by atoms with Gasteiger partial charge >= 0.3 is 0 Å². The molecule has 0 amide bonds. The molecule has 0 saturated heterocycles. The zero-order valence-corrected chi connectivity index (χ0v) is 11.9. The van der Waals surface area contributed by atoms with Gasteiger partial charge in [0.05, 0.1) is 5.39 Å². The van der Waals surface area contributed by atoms with E-state index < -0.39 is 0 Å². The minimum absolute atomic E-state index is 0.666. The molecule has 102 valence electrons. The Bertz CT molecular complexity index is 695. The summed E-state index contributed by atoms with van der Waals surface area (Å²) in [5, 5.41) is 9.63. The lowest BCUT2D eigenvalue weighted by Gasteiger charge is -2.09. The van der Waals surface area contributed by atoms with Crippen LogP contribution in [0, 0.1) is 0 Å². The fourth-order valence-electron chi connectivity index (χ4n) is 1.91. The SMILES string of the molecule is CCNc1nc(NCc2ccncc2)c2ccsc2n1. The molecule has 0 spiro atoms. The van der Waals surface area contributed by atoms with Gasteiger partial charge in [0.15, 0.2) is 0 Å². The fourth-order valence-corrected chi connectivity index (χ4v) is 2.68. The molecule has 0 aliphatic rings. The zero-order chi connectivity index (χ0) is 13.8. The van der Waals surface area contributed by atoms with E-state index in [0.29, 0.717) is 5.95 Å². The molecule has 20 heavy (non-hydrogen) atoms. The minimum atomic E-state index is 0.666. The third-order valence-corrected chi connectivity index (χ3v) is 3.68. The number of aromatic nitrogens is 3. The molecule has 6 heteroatoms. The van der Waals surface area contributed by atoms with Crippen molar-refractivity contribution in [2.24, 2.45) is 0 Å². The summed E-state index contributed by atoms with van der Waals surface area (Å²) in [6.07, 6.45) is 3.59. The normalized spacial score (nSPS) is 10.7. The van der Waals surface area contributed by atoms with Gasteiger partial charge in [0, 0.05) is 25.5 Å². The van der Waals surface area contributed by atoms with Crippen LogP contribution in [-0.2, 0) is 6.54 Å². The number of fused-ring (bicyclic) bond motifs is 1. The van der Waals surface area contributed by atoms with Crippen molar-refractivity contribution in [1.29, 1.82) is 0 Å². The summed E-state index contributed by atoms with van der Waals surface area (Å²) >= 11 is 1.62. The maximum Gasteiger partial charge on any atom is 0.226 e. The monoisotopic (exact) mass is 285 g/mol. The summed E-state index contributed by atoms with van der Waals surface area (Å²) in [5.74, 6) is 1.53. The van der Waals surface area contributed by atoms with E-state index >= 15 is 0 Å². The highest BCUT2D eigenvalue weighted by Crippen LogP contribution is 2.26. The van der Waals surface area contributed by atoms with Gasteiger partial charge in [0.1, 0.15) is 10.6 Å². The van der Waals surface area contributed by atoms with Gasteiger partial charge in [0.2, 0.25) is 5.95 Å². The highest BCUT2D eigenvalue weighted by molar-refractivity contribution is 7.16. The Morgan fingerprint density at radius 2 is 1.95 bits per heavy atom. The molecular weight excluding hydrogens is 270 g/mol. The summed E-state index contributed by atoms with van der Waals surface area (Å²) in [5.41, 5.74) is 1.17. The molecule has 2 N–H and O–H groups in total. The van der Waals surface area contributed by atoms with Crippen molar-refractivity contribution in [1.82, 2.24) is 15.0 Å². The molecular formula is C14H15N5S. The smallest absolute Gasteiger partial charge is 0.226 e. The van der Waals surface area contributed by atoms with Crippen LogP contribution in [0.15, 0.2) is 36.0 Å². The van der Waals surface area contributed by atoms with Crippen LogP contribution >= 0.6 is 11.3 Å². The first-order chi connectivity index (χ1) is 9.86. The Balaban J connectivity index is 1.87. The van der Waals surface area contributed by atoms with Crippen LogP contribution in [0.2, 0.25) is 0 Å². The first-order valence-corrected chi connectivity index (χ1v) is 7.36. The highest BCUT2D eigenvalue weighted by Gasteiger charge is 2.08. The lowest BCUT2D eigenvalue weighted by atomic mass is 10.2. The van der Waals surface area contributed by atoms with Crippen LogP contribution in [-0.4, -0.2) is 21.5 Å². The van der Waals surface area contributed by atoms with Crippen LogP contribution in [0.4, 0.5) is 11.8 Å². The van der Waals surface area contributed by atoms with Crippen LogP contribution in [0.3, 0.4) is 0 Å². The molecule has 0 bridgehead atoms. The Morgan fingerprint density at radius 1 is 1.10 bits per heavy atom. The number of pyridine rings is 1. The van der Waals surface area contributed by atoms with E-state index in [0.717, 1.165) is 29.1 Å². The molecule has 0 radical (unpaired) electrons. The van der Waals surface area contributed by atoms with Gasteiger partial charge in [-0.2, -0.15) is 4.98 Å². The minimum Gasteiger partial charge on any atom is -0.365 e. The largest absolute Gasteiger partial charge is 0.365 e. The van der Waals surface area contributed by atoms with Crippen LogP contribution in [0.5, 0.6) is 0 Å². The predicted octanol–water partition coefficient (Wildman–Crippen LogP) is 3.13. The molecule has 5 nitrogen and oxygen atoms in total. The Morgan fingerprint density at radius 3 is 2.75 bits per heavy atom. The van der Waals surface area contributed by atoms with Crippen molar-refractivity contribution in [3.05, 3.63) is 41.5 Å². The number of thiophene rings is 1. The number of rotatable bonds is 5. The molecule has 0 fully saturated rings. The summed E-state index contributed by atoms with van der Waals surface area (Å²) in [6.45, 7) is 3.56. The van der Waals surface area contributed by atoms with Crippen LogP contribution in [0.1, 0.15) is 12.5 Å². The van der Waals surface area contributed by atoms with E-state index in [-0.39, 0.29) is 0 Å². The second-order valence-corrected chi connectivity index (χ2v) is 5.17. The van der Waals surface area contributed by atoms with Crippen LogP contribution < -0.4 is 10.6 Å². The molecule has 3 heterocycles. The van der Waals surface area contributed by atoms with Gasteiger partial charge in [-0.25, -0.2) is 4.98 Å². The number of hydrogen-bond acceptors (Lipinski definition) is 6. The lowest BCUT2D eigenvalue weighted by Crippen LogP contribution is -2.06. The molecule has 0 aliphatic carbocycles. The van der Waals surface area contributed by atoms with E-state index in [1.54, 1.807) is 23.7 Å². The van der Waals surface area contributed by atoms with E-state index in [1.165, 1.54) is 5.56 Å². The average molecular weight is 285 g/mol. The van der Waals surface area contributed by atoms with Crippen molar-refractivity contribution in [3.63, 3.8) is 0 Å². The first kappa shape index (κ1) is 12.8. The van der Waals surface area contributed by atoms with Gasteiger partial charge in [-0.15, -0.1) is 11.3 Å². The molecule has 0 aromatic carbocycles. The van der Waals surface area contributed by atoms with Gasteiger partial charge in [0.25, 0.3) is 0 Å². The van der Waals surface area contributed by atoms with Gasteiger partial charge in [-0.1, -0.05) is 0 Å². The molecule has 3 rings (SSSR count). The topological polar surface area (TPSA) is 62.7 Å². The van der Waals surface area contributed by atoms with Crippen molar-refractivity contribution in [3.8, 4) is 0 Å². The number of nitrogens with one attached hydrogen (secondary N) is 2. The molecule has 3 aromatic heterocycles. The number of nitrogens with zero attached hydrogens (tertiary/aromatic N) is 3. The van der Waals surface area contributed by atoms with Crippen molar-refractivity contribution in [2.45, 2.75) is 13.5 Å². The first-order valence-electron chi connectivity index (χ1n) is 6.48. The predicted molar refractivity (Wildman–Crippen MR) is 83.1 cm³/mol. The average Bonchev–Trinajstić information content (AvgIpc) is 2.95. The van der Waals surface area contributed by atoms with Gasteiger partial charge in [-0.05, 0) is 36.1 Å². The molecule has 0 saturated carbocycles. The van der Waals surface area contributed by atoms with Crippen molar-refractivity contribution >= 4 is 33.3 Å². The fraction of sp³-hybridized carbons (Fsp3) is 0.214. The van der Waals surface area contributed by atoms with E-state index in [2.05, 4.69) is 25.6 Å². The lowest BCUT2D eigenvalue weighted by molar-refractivity contribution is 1.07. The van der Waals surface area contributed by atoms with Gasteiger partial charge < -0.3 is 10.6 Å². The maximum atomic E-state index is 4.54. The summed E-state index contributed by atoms with van der Waals surface area (Å²) < 4.78 is 0. The van der Waals surface area contributed by atoms with E-state index in [9.17, 15) is 0 Å². The van der Waals surface area contributed by atoms with Crippen molar-refractivity contribution < 1.29 is 0 Å². The molecule has 0 unspecified atom stereocenters. The Kier molecular flexibility index (Phi) is 3.73. The second kappa shape index (κ2) is 5.83. The highest BCUT2D eigenvalue weighted by atomic mass is 32.1. The maximum absolute atomic E-state index is 4.54. The number of anilines is 2. The van der Waals surface area contributed by atoms with E-state index in [1.807, 2.05) is 30.5 Å². The Labute approximate surface area is 121 Å². The number of hydrogen-bond donors (Lipinski definition) is 2. The summed E-state index contributed by atoms with van der Waals surface area (Å²) in [4.78, 5) is 14.0. The quantitative estimate of drug-likeness (QED) is 0.754. The zero-order valence-electron chi connectivity index (χ0n) is 11.1. The van der Waals surface area contributed by atoms with E-state index in [4.69, 9.17) is 0 Å².